The molecule has 0 atom stereocenters. The van der Waals surface area contributed by atoms with Gasteiger partial charge in [-0.3, -0.25) is 0 Å². The number of aryl methyl sites for hydroxylation is 4. The molecule has 0 aliphatic rings. The highest BCUT2D eigenvalue weighted by atomic mass is 19.1. The first-order chi connectivity index (χ1) is 10.4. The molecule has 2 heteroatoms. The van der Waals surface area contributed by atoms with Crippen LogP contribution in [-0.4, -0.2) is 0 Å². The maximum Gasteiger partial charge on any atom is 0.126 e. The summed E-state index contributed by atoms with van der Waals surface area (Å²) in [6.07, 6.45) is 0. The minimum Gasteiger partial charge on any atom is -0.207 e. The maximum atomic E-state index is 12.2. The van der Waals surface area contributed by atoms with Crippen LogP contribution in [0.5, 0.6) is 0 Å². The Morgan fingerprint density at radius 1 is 0.545 bits per heavy atom. The number of benzene rings is 2. The van der Waals surface area contributed by atoms with Crippen LogP contribution < -0.4 is 0 Å². The number of rotatable bonds is 0. The maximum absolute atomic E-state index is 12.2. The van der Waals surface area contributed by atoms with E-state index in [9.17, 15) is 8.78 Å². The van der Waals surface area contributed by atoms with Crippen LogP contribution in [0.25, 0.3) is 0 Å². The van der Waals surface area contributed by atoms with Gasteiger partial charge >= 0.3 is 0 Å². The molecule has 2 aromatic rings. The number of hydrogen-bond donors (Lipinski definition) is 0. The molecule has 0 saturated carbocycles. The fourth-order valence-electron chi connectivity index (χ4n) is 1.58. The average Bonchev–Trinajstić information content (AvgIpc) is 2.47. The van der Waals surface area contributed by atoms with Crippen molar-refractivity contribution in [1.82, 2.24) is 0 Å². The van der Waals surface area contributed by atoms with Crippen molar-refractivity contribution in [2.24, 2.45) is 0 Å². The summed E-state index contributed by atoms with van der Waals surface area (Å²) in [5.74, 6) is -1.04. The van der Waals surface area contributed by atoms with Gasteiger partial charge in [-0.15, -0.1) is 0 Å². The molecule has 0 spiro atoms. The molecule has 0 nitrogen and oxygen atoms in total. The van der Waals surface area contributed by atoms with Gasteiger partial charge in [-0.05, 0) is 56.5 Å². The monoisotopic (exact) mass is 308 g/mol. The normalized spacial score (nSPS) is 8.45. The molecule has 0 amide bonds. The van der Waals surface area contributed by atoms with E-state index in [0.29, 0.717) is 5.56 Å². The molecule has 0 bridgehead atoms. The summed E-state index contributed by atoms with van der Waals surface area (Å²) >= 11 is 0. The highest BCUT2D eigenvalue weighted by molar-refractivity contribution is 5.28. The van der Waals surface area contributed by atoms with Crippen molar-refractivity contribution in [1.29, 1.82) is 0 Å². The zero-order valence-corrected chi connectivity index (χ0v) is 15.2. The lowest BCUT2D eigenvalue weighted by Crippen LogP contribution is -1.80. The van der Waals surface area contributed by atoms with Gasteiger partial charge in [0.1, 0.15) is 11.6 Å². The topological polar surface area (TPSA) is 0 Å². The van der Waals surface area contributed by atoms with E-state index in [1.165, 1.54) is 28.8 Å². The van der Waals surface area contributed by atoms with Crippen LogP contribution in [0.2, 0.25) is 0 Å². The molecule has 0 aliphatic heterocycles. The Bertz CT molecular complexity index is 481. The second-order valence-corrected chi connectivity index (χ2v) is 4.53. The molecule has 124 valence electrons. The standard InChI is InChI=1S/C9H12.C7H6F2.2C2H6/c1-7-4-5-8(2)9(3)6-7;1-5-2-6(8)4-7(9)3-5;2*1-2/h4-6H,1-3H3;2-4H,1H3;2*1-2H3. The minimum atomic E-state index is -0.521. The van der Waals surface area contributed by atoms with E-state index in [1.807, 2.05) is 27.7 Å². The van der Waals surface area contributed by atoms with Crippen LogP contribution in [0.3, 0.4) is 0 Å². The largest absolute Gasteiger partial charge is 0.207 e. The highest BCUT2D eigenvalue weighted by Crippen LogP contribution is 2.07. The van der Waals surface area contributed by atoms with Gasteiger partial charge in [-0.1, -0.05) is 51.5 Å². The third kappa shape index (κ3) is 10.1. The molecule has 0 aliphatic carbocycles. The van der Waals surface area contributed by atoms with Crippen LogP contribution in [0.15, 0.2) is 36.4 Å². The van der Waals surface area contributed by atoms with Crippen LogP contribution >= 0.6 is 0 Å². The van der Waals surface area contributed by atoms with Gasteiger partial charge in [0, 0.05) is 6.07 Å². The van der Waals surface area contributed by atoms with Crippen molar-refractivity contribution in [3.8, 4) is 0 Å². The Kier molecular flexibility index (Phi) is 13.3. The van der Waals surface area contributed by atoms with Crippen molar-refractivity contribution in [3.63, 3.8) is 0 Å². The van der Waals surface area contributed by atoms with E-state index in [-0.39, 0.29) is 0 Å². The third-order valence-electron chi connectivity index (χ3n) is 2.67. The average molecular weight is 308 g/mol. The summed E-state index contributed by atoms with van der Waals surface area (Å²) in [7, 11) is 0. The van der Waals surface area contributed by atoms with E-state index >= 15 is 0 Å². The van der Waals surface area contributed by atoms with Gasteiger partial charge in [0.2, 0.25) is 0 Å². The molecule has 2 aromatic carbocycles. The van der Waals surface area contributed by atoms with E-state index in [2.05, 4.69) is 39.0 Å². The summed E-state index contributed by atoms with van der Waals surface area (Å²) in [5, 5.41) is 0. The zero-order valence-electron chi connectivity index (χ0n) is 15.2. The predicted molar refractivity (Wildman–Crippen MR) is 94.4 cm³/mol. The van der Waals surface area contributed by atoms with Crippen LogP contribution in [-0.2, 0) is 0 Å². The fraction of sp³-hybridized carbons (Fsp3) is 0.400. The summed E-state index contributed by atoms with van der Waals surface area (Å²) < 4.78 is 24.4. The molecule has 0 N–H and O–H groups in total. The lowest BCUT2D eigenvalue weighted by molar-refractivity contribution is 0.581. The Hall–Kier alpha value is -1.70. The molecule has 22 heavy (non-hydrogen) atoms. The minimum absolute atomic E-state index is 0.521. The van der Waals surface area contributed by atoms with E-state index in [0.717, 1.165) is 6.07 Å². The smallest absolute Gasteiger partial charge is 0.126 e. The lowest BCUT2D eigenvalue weighted by Gasteiger charge is -1.98. The SMILES string of the molecule is CC.CC.Cc1cc(F)cc(F)c1.Cc1ccc(C)c(C)c1. The van der Waals surface area contributed by atoms with Gasteiger partial charge in [0.15, 0.2) is 0 Å². The Morgan fingerprint density at radius 2 is 1.00 bits per heavy atom. The van der Waals surface area contributed by atoms with Gasteiger partial charge < -0.3 is 0 Å². The summed E-state index contributed by atoms with van der Waals surface area (Å²) in [5.41, 5.74) is 4.71. The van der Waals surface area contributed by atoms with E-state index in [1.54, 1.807) is 6.92 Å². The summed E-state index contributed by atoms with van der Waals surface area (Å²) in [6, 6.07) is 9.92. The molecule has 2 rings (SSSR count). The van der Waals surface area contributed by atoms with Gasteiger partial charge in [0.05, 0.1) is 0 Å². The zero-order chi connectivity index (χ0) is 17.7. The predicted octanol–water partition coefficient (Wildman–Crippen LogP) is 6.94. The summed E-state index contributed by atoms with van der Waals surface area (Å²) in [4.78, 5) is 0. The van der Waals surface area contributed by atoms with Crippen LogP contribution in [0.1, 0.15) is 49.9 Å². The Labute approximate surface area is 135 Å². The van der Waals surface area contributed by atoms with Crippen LogP contribution in [0.4, 0.5) is 8.78 Å². The van der Waals surface area contributed by atoms with Crippen molar-refractivity contribution in [2.75, 3.05) is 0 Å². The molecular weight excluding hydrogens is 278 g/mol. The first-order valence-corrected chi connectivity index (χ1v) is 7.85. The molecule has 0 aromatic heterocycles. The number of hydrogen-bond acceptors (Lipinski definition) is 0. The molecule has 0 fully saturated rings. The first kappa shape index (κ1) is 22.6. The molecule has 0 saturated heterocycles. The van der Waals surface area contributed by atoms with Crippen LogP contribution in [0, 0.1) is 39.3 Å². The van der Waals surface area contributed by atoms with E-state index < -0.39 is 11.6 Å². The Morgan fingerprint density at radius 3 is 1.32 bits per heavy atom. The lowest BCUT2D eigenvalue weighted by atomic mass is 10.1. The molecular formula is C20H30F2. The van der Waals surface area contributed by atoms with Crippen molar-refractivity contribution in [3.05, 3.63) is 70.3 Å². The second-order valence-electron chi connectivity index (χ2n) is 4.53. The molecule has 0 unspecified atom stereocenters. The first-order valence-electron chi connectivity index (χ1n) is 7.85. The van der Waals surface area contributed by atoms with Crippen molar-refractivity contribution < 1.29 is 8.78 Å². The third-order valence-corrected chi connectivity index (χ3v) is 2.67. The van der Waals surface area contributed by atoms with E-state index in [4.69, 9.17) is 0 Å². The Balaban J connectivity index is 0. The summed E-state index contributed by atoms with van der Waals surface area (Å²) in [6.45, 7) is 16.0. The van der Waals surface area contributed by atoms with Gasteiger partial charge in [0.25, 0.3) is 0 Å². The highest BCUT2D eigenvalue weighted by Gasteiger charge is 1.94. The quantitative estimate of drug-likeness (QED) is 0.494. The molecule has 0 heterocycles. The van der Waals surface area contributed by atoms with Gasteiger partial charge in [-0.2, -0.15) is 0 Å². The second kappa shape index (κ2) is 13.0. The van der Waals surface area contributed by atoms with Crippen molar-refractivity contribution in [2.45, 2.75) is 55.4 Å². The molecule has 0 radical (unpaired) electrons. The van der Waals surface area contributed by atoms with Crippen molar-refractivity contribution >= 4 is 0 Å². The van der Waals surface area contributed by atoms with Gasteiger partial charge in [-0.25, -0.2) is 8.78 Å². The number of halogens is 2. The fourth-order valence-corrected chi connectivity index (χ4v) is 1.58.